The minimum atomic E-state index is -0.698. The van der Waals surface area contributed by atoms with Gasteiger partial charge in [-0.3, -0.25) is 9.78 Å². The van der Waals surface area contributed by atoms with Crippen molar-refractivity contribution in [2.75, 3.05) is 13.1 Å². The van der Waals surface area contributed by atoms with Crippen molar-refractivity contribution in [2.45, 2.75) is 51.2 Å². The van der Waals surface area contributed by atoms with Gasteiger partial charge in [0.1, 0.15) is 11.9 Å². The number of hydrogen-bond acceptors (Lipinski definition) is 4. The molecule has 1 aromatic carbocycles. The van der Waals surface area contributed by atoms with Gasteiger partial charge in [-0.15, -0.1) is 0 Å². The highest BCUT2D eigenvalue weighted by Gasteiger charge is 2.25. The van der Waals surface area contributed by atoms with Gasteiger partial charge in [-0.25, -0.2) is 0 Å². The quantitative estimate of drug-likeness (QED) is 0.848. The lowest BCUT2D eigenvalue weighted by Gasteiger charge is -2.32. The van der Waals surface area contributed by atoms with Crippen molar-refractivity contribution in [2.24, 2.45) is 0 Å². The molecule has 1 N–H and O–H groups in total. The van der Waals surface area contributed by atoms with Crippen molar-refractivity contribution in [3.63, 3.8) is 0 Å². The van der Waals surface area contributed by atoms with Crippen molar-refractivity contribution >= 4 is 5.91 Å². The Morgan fingerprint density at radius 2 is 2.04 bits per heavy atom. The van der Waals surface area contributed by atoms with Gasteiger partial charge in [0.2, 0.25) is 0 Å². The van der Waals surface area contributed by atoms with Gasteiger partial charge in [-0.2, -0.15) is 0 Å². The van der Waals surface area contributed by atoms with Gasteiger partial charge in [0, 0.05) is 37.7 Å². The van der Waals surface area contributed by atoms with Crippen LogP contribution in [0.4, 0.5) is 0 Å². The van der Waals surface area contributed by atoms with Crippen LogP contribution in [0.15, 0.2) is 48.8 Å². The molecule has 0 bridgehead atoms. The van der Waals surface area contributed by atoms with Crippen LogP contribution in [0.25, 0.3) is 0 Å². The predicted molar refractivity (Wildman–Crippen MR) is 105 cm³/mol. The van der Waals surface area contributed by atoms with Crippen molar-refractivity contribution in [1.82, 2.24) is 9.88 Å². The lowest BCUT2D eigenvalue weighted by molar-refractivity contribution is 0.0595. The highest BCUT2D eigenvalue weighted by atomic mass is 16.5. The second-order valence-corrected chi connectivity index (χ2v) is 7.81. The summed E-state index contributed by atoms with van der Waals surface area (Å²) in [6.07, 6.45) is 6.63. The molecule has 1 saturated heterocycles. The third-order valence-electron chi connectivity index (χ3n) is 4.87. The van der Waals surface area contributed by atoms with Gasteiger partial charge in [-0.1, -0.05) is 12.1 Å². The first-order valence-corrected chi connectivity index (χ1v) is 9.58. The molecule has 5 nitrogen and oxygen atoms in total. The first-order chi connectivity index (χ1) is 12.9. The standard InChI is InChI=1S/C22H28N2O3/c1-22(2,26)11-8-17-5-3-6-18(15-17)21(25)24-13-9-19(10-14-24)27-20-7-4-12-23-16-20/h3-7,12,15-16,19,26H,8-11,13-14H2,1-2H3. The maximum atomic E-state index is 12.8. The molecule has 5 heteroatoms. The van der Waals surface area contributed by atoms with Crippen LogP contribution in [-0.4, -0.2) is 45.7 Å². The van der Waals surface area contributed by atoms with Crippen LogP contribution in [0.1, 0.15) is 49.0 Å². The second kappa shape index (κ2) is 8.53. The molecule has 144 valence electrons. The molecule has 0 unspecified atom stereocenters. The van der Waals surface area contributed by atoms with E-state index in [-0.39, 0.29) is 12.0 Å². The van der Waals surface area contributed by atoms with E-state index >= 15 is 0 Å². The van der Waals surface area contributed by atoms with Crippen LogP contribution in [0, 0.1) is 0 Å². The zero-order valence-electron chi connectivity index (χ0n) is 16.1. The average Bonchev–Trinajstić information content (AvgIpc) is 2.67. The third-order valence-corrected chi connectivity index (χ3v) is 4.87. The molecule has 1 aliphatic heterocycles. The van der Waals surface area contributed by atoms with E-state index in [0.717, 1.165) is 36.1 Å². The molecule has 0 aliphatic carbocycles. The van der Waals surface area contributed by atoms with Crippen LogP contribution < -0.4 is 4.74 Å². The van der Waals surface area contributed by atoms with Gasteiger partial charge in [0.15, 0.2) is 0 Å². The summed E-state index contributed by atoms with van der Waals surface area (Å²) in [5, 5.41) is 9.90. The fraction of sp³-hybridized carbons (Fsp3) is 0.455. The van der Waals surface area contributed by atoms with Crippen molar-refractivity contribution in [3.05, 3.63) is 59.9 Å². The Bertz CT molecular complexity index is 748. The van der Waals surface area contributed by atoms with Crippen LogP contribution in [0.3, 0.4) is 0 Å². The Balaban J connectivity index is 1.54. The summed E-state index contributed by atoms with van der Waals surface area (Å²) in [4.78, 5) is 18.8. The molecule has 0 spiro atoms. The number of carbonyl (C=O) groups is 1. The van der Waals surface area contributed by atoms with E-state index in [1.54, 1.807) is 26.2 Å². The van der Waals surface area contributed by atoms with Crippen LogP contribution in [0.5, 0.6) is 5.75 Å². The molecule has 0 radical (unpaired) electrons. The maximum Gasteiger partial charge on any atom is 0.253 e. The third kappa shape index (κ3) is 5.79. The predicted octanol–water partition coefficient (Wildman–Crippen LogP) is 3.47. The van der Waals surface area contributed by atoms with E-state index < -0.39 is 5.60 Å². The van der Waals surface area contributed by atoms with Crippen LogP contribution in [0.2, 0.25) is 0 Å². The number of nitrogens with zero attached hydrogens (tertiary/aromatic N) is 2. The summed E-state index contributed by atoms with van der Waals surface area (Å²) >= 11 is 0. The molecule has 1 fully saturated rings. The average molecular weight is 368 g/mol. The van der Waals surface area contributed by atoms with E-state index in [1.807, 2.05) is 41.3 Å². The van der Waals surface area contributed by atoms with Crippen LogP contribution >= 0.6 is 0 Å². The van der Waals surface area contributed by atoms with E-state index in [1.165, 1.54) is 0 Å². The summed E-state index contributed by atoms with van der Waals surface area (Å²) in [7, 11) is 0. The monoisotopic (exact) mass is 368 g/mol. The Labute approximate surface area is 161 Å². The Hall–Kier alpha value is -2.40. The molecule has 1 aromatic heterocycles. The molecular weight excluding hydrogens is 340 g/mol. The molecule has 2 aromatic rings. The van der Waals surface area contributed by atoms with E-state index in [0.29, 0.717) is 19.5 Å². The SMILES string of the molecule is CC(C)(O)CCc1cccc(C(=O)N2CCC(Oc3cccnc3)CC2)c1. The van der Waals surface area contributed by atoms with Gasteiger partial charge in [0.05, 0.1) is 11.8 Å². The van der Waals surface area contributed by atoms with Crippen molar-refractivity contribution in [1.29, 1.82) is 0 Å². The van der Waals surface area contributed by atoms with E-state index in [9.17, 15) is 9.90 Å². The van der Waals surface area contributed by atoms with E-state index in [2.05, 4.69) is 4.98 Å². The summed E-state index contributed by atoms with van der Waals surface area (Å²) in [6, 6.07) is 11.5. The number of rotatable bonds is 6. The number of amides is 1. The molecule has 0 atom stereocenters. The summed E-state index contributed by atoms with van der Waals surface area (Å²) in [5.74, 6) is 0.849. The minimum Gasteiger partial charge on any atom is -0.489 e. The number of likely N-dealkylation sites (tertiary alicyclic amines) is 1. The number of hydrogen-bond donors (Lipinski definition) is 1. The number of pyridine rings is 1. The number of benzene rings is 1. The Morgan fingerprint density at radius 3 is 2.70 bits per heavy atom. The molecule has 3 rings (SSSR count). The van der Waals surface area contributed by atoms with Gasteiger partial charge in [-0.05, 0) is 56.5 Å². The maximum absolute atomic E-state index is 12.8. The number of carbonyl (C=O) groups excluding carboxylic acids is 1. The summed E-state index contributed by atoms with van der Waals surface area (Å²) in [5.41, 5.74) is 1.10. The van der Waals surface area contributed by atoms with Gasteiger partial charge >= 0.3 is 0 Å². The highest BCUT2D eigenvalue weighted by molar-refractivity contribution is 5.94. The zero-order valence-corrected chi connectivity index (χ0v) is 16.1. The zero-order chi connectivity index (χ0) is 19.3. The number of aryl methyl sites for hydroxylation is 1. The smallest absolute Gasteiger partial charge is 0.253 e. The number of aliphatic hydroxyl groups is 1. The first-order valence-electron chi connectivity index (χ1n) is 9.58. The molecular formula is C22H28N2O3. The normalized spacial score (nSPS) is 15.6. The lowest BCUT2D eigenvalue weighted by atomic mass is 9.97. The van der Waals surface area contributed by atoms with Crippen molar-refractivity contribution in [3.8, 4) is 5.75 Å². The number of piperidine rings is 1. The fourth-order valence-electron chi connectivity index (χ4n) is 3.28. The van der Waals surface area contributed by atoms with E-state index in [4.69, 9.17) is 4.74 Å². The largest absolute Gasteiger partial charge is 0.489 e. The fourth-order valence-corrected chi connectivity index (χ4v) is 3.28. The Morgan fingerprint density at radius 1 is 1.26 bits per heavy atom. The second-order valence-electron chi connectivity index (χ2n) is 7.81. The lowest BCUT2D eigenvalue weighted by Crippen LogP contribution is -2.41. The molecule has 2 heterocycles. The number of ether oxygens (including phenoxy) is 1. The van der Waals surface area contributed by atoms with Crippen molar-refractivity contribution < 1.29 is 14.6 Å². The first kappa shape index (κ1) is 19.4. The Kier molecular flexibility index (Phi) is 6.11. The topological polar surface area (TPSA) is 62.7 Å². The highest BCUT2D eigenvalue weighted by Crippen LogP contribution is 2.20. The van der Waals surface area contributed by atoms with Crippen LogP contribution in [-0.2, 0) is 6.42 Å². The minimum absolute atomic E-state index is 0.0694. The van der Waals surface area contributed by atoms with Gasteiger partial charge < -0.3 is 14.7 Å². The summed E-state index contributed by atoms with van der Waals surface area (Å²) in [6.45, 7) is 4.99. The molecule has 27 heavy (non-hydrogen) atoms. The molecule has 0 saturated carbocycles. The molecule has 1 amide bonds. The summed E-state index contributed by atoms with van der Waals surface area (Å²) < 4.78 is 5.95. The molecule has 1 aliphatic rings. The van der Waals surface area contributed by atoms with Gasteiger partial charge in [0.25, 0.3) is 5.91 Å². The number of aromatic nitrogens is 1.